The van der Waals surface area contributed by atoms with E-state index in [9.17, 15) is 9.59 Å². The normalized spacial score (nSPS) is 28.9. The predicted octanol–water partition coefficient (Wildman–Crippen LogP) is 2.33. The molecule has 2 rings (SSSR count). The smallest absolute Gasteiger partial charge is 0.245 e. The van der Waals surface area contributed by atoms with E-state index in [2.05, 4.69) is 5.32 Å². The maximum Gasteiger partial charge on any atom is 0.245 e. The van der Waals surface area contributed by atoms with Gasteiger partial charge in [0, 0.05) is 6.54 Å². The Morgan fingerprint density at radius 3 is 2.30 bits per heavy atom. The molecule has 1 N–H and O–H groups in total. The topological polar surface area (TPSA) is 49.4 Å². The summed E-state index contributed by atoms with van der Waals surface area (Å²) in [6.45, 7) is 8.83. The van der Waals surface area contributed by atoms with Crippen LogP contribution in [0, 0.1) is 11.3 Å². The van der Waals surface area contributed by atoms with Gasteiger partial charge in [0.05, 0.1) is 0 Å². The standard InChI is InChI=1S/C16H28N2O2/c1-5-12-15(20)18(10-11-8-6-7-9-11)13(14(19)17-12)16(2,3)4/h11-13H,5-10H2,1-4H3,(H,17,19). The van der Waals surface area contributed by atoms with Crippen LogP contribution in [0.5, 0.6) is 0 Å². The fourth-order valence-electron chi connectivity index (χ4n) is 3.59. The molecule has 2 aliphatic rings. The highest BCUT2D eigenvalue weighted by atomic mass is 16.2. The second-order valence-electron chi connectivity index (χ2n) is 7.38. The van der Waals surface area contributed by atoms with E-state index in [1.54, 1.807) is 0 Å². The largest absolute Gasteiger partial charge is 0.342 e. The highest BCUT2D eigenvalue weighted by Crippen LogP contribution is 2.32. The van der Waals surface area contributed by atoms with Crippen LogP contribution in [0.2, 0.25) is 0 Å². The van der Waals surface area contributed by atoms with Gasteiger partial charge in [0.25, 0.3) is 0 Å². The number of nitrogens with zero attached hydrogens (tertiary/aromatic N) is 1. The first-order chi connectivity index (χ1) is 9.34. The Morgan fingerprint density at radius 2 is 1.80 bits per heavy atom. The van der Waals surface area contributed by atoms with Crippen LogP contribution in [-0.4, -0.2) is 35.3 Å². The van der Waals surface area contributed by atoms with Crippen molar-refractivity contribution in [1.82, 2.24) is 10.2 Å². The van der Waals surface area contributed by atoms with Crippen LogP contribution >= 0.6 is 0 Å². The first-order valence-corrected chi connectivity index (χ1v) is 7.95. The zero-order valence-electron chi connectivity index (χ0n) is 13.2. The van der Waals surface area contributed by atoms with Crippen LogP contribution < -0.4 is 5.32 Å². The minimum atomic E-state index is -0.335. The molecule has 2 unspecified atom stereocenters. The number of hydrogen-bond acceptors (Lipinski definition) is 2. The monoisotopic (exact) mass is 280 g/mol. The molecule has 114 valence electrons. The van der Waals surface area contributed by atoms with E-state index in [4.69, 9.17) is 0 Å². The third-order valence-corrected chi connectivity index (χ3v) is 4.62. The molecule has 1 saturated heterocycles. The van der Waals surface area contributed by atoms with Gasteiger partial charge in [-0.15, -0.1) is 0 Å². The Labute approximate surface area is 122 Å². The molecule has 1 aliphatic heterocycles. The number of hydrogen-bond donors (Lipinski definition) is 1. The Kier molecular flexibility index (Phi) is 4.40. The molecular formula is C16H28N2O2. The zero-order chi connectivity index (χ0) is 14.9. The molecule has 1 heterocycles. The fourth-order valence-corrected chi connectivity index (χ4v) is 3.59. The van der Waals surface area contributed by atoms with Gasteiger partial charge in [0.15, 0.2) is 0 Å². The van der Waals surface area contributed by atoms with Crippen molar-refractivity contribution < 1.29 is 9.59 Å². The molecule has 0 aromatic carbocycles. The van der Waals surface area contributed by atoms with Gasteiger partial charge in [0.1, 0.15) is 12.1 Å². The van der Waals surface area contributed by atoms with Crippen LogP contribution in [0.3, 0.4) is 0 Å². The van der Waals surface area contributed by atoms with Crippen molar-refractivity contribution in [2.24, 2.45) is 11.3 Å². The van der Waals surface area contributed by atoms with Crippen molar-refractivity contribution in [2.75, 3.05) is 6.54 Å². The number of carbonyl (C=O) groups is 2. The summed E-state index contributed by atoms with van der Waals surface area (Å²) >= 11 is 0. The number of rotatable bonds is 3. The van der Waals surface area contributed by atoms with E-state index < -0.39 is 0 Å². The Balaban J connectivity index is 2.22. The summed E-state index contributed by atoms with van der Waals surface area (Å²) in [5.41, 5.74) is -0.225. The minimum absolute atomic E-state index is 0.0157. The lowest BCUT2D eigenvalue weighted by Crippen LogP contribution is -2.67. The maximum atomic E-state index is 12.7. The van der Waals surface area contributed by atoms with E-state index in [1.807, 2.05) is 32.6 Å². The van der Waals surface area contributed by atoms with E-state index in [0.29, 0.717) is 12.3 Å². The fraction of sp³-hybridized carbons (Fsp3) is 0.875. The average molecular weight is 280 g/mol. The highest BCUT2D eigenvalue weighted by molar-refractivity contribution is 5.97. The summed E-state index contributed by atoms with van der Waals surface area (Å²) in [4.78, 5) is 27.0. The van der Waals surface area contributed by atoms with Gasteiger partial charge in [-0.25, -0.2) is 0 Å². The third kappa shape index (κ3) is 2.99. The van der Waals surface area contributed by atoms with Gasteiger partial charge in [-0.3, -0.25) is 9.59 Å². The van der Waals surface area contributed by atoms with Gasteiger partial charge in [-0.1, -0.05) is 40.5 Å². The van der Waals surface area contributed by atoms with Crippen molar-refractivity contribution in [3.63, 3.8) is 0 Å². The van der Waals surface area contributed by atoms with Crippen molar-refractivity contribution in [3.05, 3.63) is 0 Å². The second kappa shape index (κ2) is 5.74. The average Bonchev–Trinajstić information content (AvgIpc) is 2.84. The molecule has 2 fully saturated rings. The van der Waals surface area contributed by atoms with Crippen LogP contribution in [0.4, 0.5) is 0 Å². The SMILES string of the molecule is CCC1NC(=O)C(C(C)(C)C)N(CC2CCCC2)C1=O. The molecule has 4 heteroatoms. The highest BCUT2D eigenvalue weighted by Gasteiger charge is 2.46. The van der Waals surface area contributed by atoms with E-state index in [-0.39, 0.29) is 29.3 Å². The Morgan fingerprint density at radius 1 is 1.20 bits per heavy atom. The summed E-state index contributed by atoms with van der Waals surface area (Å²) < 4.78 is 0. The molecule has 1 aliphatic carbocycles. The molecule has 4 nitrogen and oxygen atoms in total. The van der Waals surface area contributed by atoms with E-state index in [0.717, 1.165) is 6.54 Å². The van der Waals surface area contributed by atoms with Crippen molar-refractivity contribution in [1.29, 1.82) is 0 Å². The maximum absolute atomic E-state index is 12.7. The number of amides is 2. The van der Waals surface area contributed by atoms with E-state index >= 15 is 0 Å². The van der Waals surface area contributed by atoms with Crippen LogP contribution in [0.1, 0.15) is 59.8 Å². The lowest BCUT2D eigenvalue weighted by Gasteiger charge is -2.45. The summed E-state index contributed by atoms with van der Waals surface area (Å²) in [7, 11) is 0. The molecule has 0 bridgehead atoms. The molecule has 2 atom stereocenters. The molecule has 0 radical (unpaired) electrons. The summed E-state index contributed by atoms with van der Waals surface area (Å²) in [6.07, 6.45) is 5.58. The van der Waals surface area contributed by atoms with Crippen LogP contribution in [0.15, 0.2) is 0 Å². The Hall–Kier alpha value is -1.06. The Bertz CT molecular complexity index is 380. The van der Waals surface area contributed by atoms with Crippen molar-refractivity contribution in [2.45, 2.75) is 71.9 Å². The quantitative estimate of drug-likeness (QED) is 0.862. The van der Waals surface area contributed by atoms with Gasteiger partial charge in [-0.2, -0.15) is 0 Å². The summed E-state index contributed by atoms with van der Waals surface area (Å²) in [5.74, 6) is 0.702. The summed E-state index contributed by atoms with van der Waals surface area (Å²) in [6, 6.07) is -0.666. The first-order valence-electron chi connectivity index (χ1n) is 7.95. The minimum Gasteiger partial charge on any atom is -0.342 e. The number of carbonyl (C=O) groups excluding carboxylic acids is 2. The van der Waals surface area contributed by atoms with Gasteiger partial charge in [-0.05, 0) is 30.6 Å². The van der Waals surface area contributed by atoms with Crippen molar-refractivity contribution >= 4 is 11.8 Å². The van der Waals surface area contributed by atoms with Gasteiger partial charge < -0.3 is 10.2 Å². The lowest BCUT2D eigenvalue weighted by atomic mass is 9.82. The third-order valence-electron chi connectivity index (χ3n) is 4.62. The van der Waals surface area contributed by atoms with Crippen molar-refractivity contribution in [3.8, 4) is 0 Å². The number of nitrogens with one attached hydrogen (secondary N) is 1. The summed E-state index contributed by atoms with van der Waals surface area (Å²) in [5, 5.41) is 2.90. The van der Waals surface area contributed by atoms with E-state index in [1.165, 1.54) is 25.7 Å². The molecule has 20 heavy (non-hydrogen) atoms. The van der Waals surface area contributed by atoms with Crippen LogP contribution in [-0.2, 0) is 9.59 Å². The second-order valence-corrected chi connectivity index (χ2v) is 7.38. The van der Waals surface area contributed by atoms with Gasteiger partial charge >= 0.3 is 0 Å². The molecule has 0 spiro atoms. The zero-order valence-corrected chi connectivity index (χ0v) is 13.2. The first kappa shape index (κ1) is 15.3. The molecule has 0 aromatic rings. The predicted molar refractivity (Wildman–Crippen MR) is 79.1 cm³/mol. The molecule has 2 amide bonds. The number of piperazine rings is 1. The molecule has 1 saturated carbocycles. The molecule has 0 aromatic heterocycles. The molecular weight excluding hydrogens is 252 g/mol. The van der Waals surface area contributed by atoms with Crippen LogP contribution in [0.25, 0.3) is 0 Å². The lowest BCUT2D eigenvalue weighted by molar-refractivity contribution is -0.154. The van der Waals surface area contributed by atoms with Gasteiger partial charge in [0.2, 0.25) is 11.8 Å².